The molecule has 1 aliphatic rings. The Hall–Kier alpha value is -0.980. The molecule has 1 aromatic heterocycles. The van der Waals surface area contributed by atoms with Crippen molar-refractivity contribution in [3.63, 3.8) is 0 Å². The van der Waals surface area contributed by atoms with Crippen LogP contribution >= 0.6 is 11.3 Å². The van der Waals surface area contributed by atoms with Crippen molar-refractivity contribution in [2.24, 2.45) is 0 Å². The third-order valence-corrected chi connectivity index (χ3v) is 4.91. The predicted octanol–water partition coefficient (Wildman–Crippen LogP) is 2.25. The Labute approximate surface area is 130 Å². The quantitative estimate of drug-likeness (QED) is 0.875. The van der Waals surface area contributed by atoms with Crippen LogP contribution in [0.25, 0.3) is 0 Å². The number of amides is 1. The molecule has 5 nitrogen and oxygen atoms in total. The summed E-state index contributed by atoms with van der Waals surface area (Å²) in [6.45, 7) is 5.53. The molecular formula is C15H25N3O2S. The molecule has 0 saturated heterocycles. The Bertz CT molecular complexity index is 483. The van der Waals surface area contributed by atoms with Crippen molar-refractivity contribution in [2.75, 3.05) is 25.0 Å². The van der Waals surface area contributed by atoms with Crippen molar-refractivity contribution in [1.29, 1.82) is 0 Å². The maximum Gasteiger partial charge on any atom is 0.225 e. The molecule has 1 aromatic rings. The highest BCUT2D eigenvalue weighted by molar-refractivity contribution is 7.14. The van der Waals surface area contributed by atoms with Crippen LogP contribution < -0.4 is 4.90 Å². The smallest absolute Gasteiger partial charge is 0.225 e. The van der Waals surface area contributed by atoms with Gasteiger partial charge in [-0.3, -0.25) is 14.6 Å². The third kappa shape index (κ3) is 4.25. The zero-order valence-corrected chi connectivity index (χ0v) is 13.9. The van der Waals surface area contributed by atoms with Crippen LogP contribution in [-0.2, 0) is 11.3 Å². The van der Waals surface area contributed by atoms with Gasteiger partial charge in [-0.05, 0) is 26.8 Å². The molecule has 0 unspecified atom stereocenters. The number of nitrogens with zero attached hydrogens (tertiary/aromatic N) is 3. The Balaban J connectivity index is 1.94. The van der Waals surface area contributed by atoms with Crippen LogP contribution in [0.3, 0.4) is 0 Å². The van der Waals surface area contributed by atoms with Gasteiger partial charge in [0.1, 0.15) is 0 Å². The fraction of sp³-hybridized carbons (Fsp3) is 0.733. The normalized spacial score (nSPS) is 17.4. The summed E-state index contributed by atoms with van der Waals surface area (Å²) in [5.74, 6) is 0.0204. The van der Waals surface area contributed by atoms with Crippen LogP contribution in [0.2, 0.25) is 0 Å². The minimum atomic E-state index is -0.525. The van der Waals surface area contributed by atoms with Gasteiger partial charge < -0.3 is 5.11 Å². The van der Waals surface area contributed by atoms with E-state index in [1.165, 1.54) is 11.3 Å². The molecule has 0 radical (unpaired) electrons. The molecule has 0 aliphatic heterocycles. The maximum atomic E-state index is 11.5. The first-order valence-electron chi connectivity index (χ1n) is 7.57. The largest absolute Gasteiger partial charge is 0.389 e. The van der Waals surface area contributed by atoms with Crippen molar-refractivity contribution >= 4 is 22.4 Å². The lowest BCUT2D eigenvalue weighted by Gasteiger charge is -2.28. The van der Waals surface area contributed by atoms with E-state index in [9.17, 15) is 9.90 Å². The lowest BCUT2D eigenvalue weighted by molar-refractivity contribution is -0.116. The highest BCUT2D eigenvalue weighted by Crippen LogP contribution is 2.30. The second kappa shape index (κ2) is 6.85. The van der Waals surface area contributed by atoms with Crippen molar-refractivity contribution < 1.29 is 9.90 Å². The first-order valence-corrected chi connectivity index (χ1v) is 8.45. The monoisotopic (exact) mass is 311 g/mol. The summed E-state index contributed by atoms with van der Waals surface area (Å²) in [5.41, 5.74) is 0.432. The van der Waals surface area contributed by atoms with Crippen LogP contribution in [0.4, 0.5) is 5.13 Å². The Morgan fingerprint density at radius 1 is 1.48 bits per heavy atom. The van der Waals surface area contributed by atoms with Crippen molar-refractivity contribution in [3.8, 4) is 0 Å². The number of rotatable bonds is 6. The molecular weight excluding hydrogens is 286 g/mol. The van der Waals surface area contributed by atoms with E-state index in [-0.39, 0.29) is 5.91 Å². The molecule has 1 heterocycles. The maximum absolute atomic E-state index is 11.5. The molecule has 1 N–H and O–H groups in total. The molecule has 6 heteroatoms. The van der Waals surface area contributed by atoms with Crippen LogP contribution in [0.5, 0.6) is 0 Å². The summed E-state index contributed by atoms with van der Waals surface area (Å²) < 4.78 is 0. The summed E-state index contributed by atoms with van der Waals surface area (Å²) in [6.07, 6.45) is 4.03. The fourth-order valence-corrected chi connectivity index (χ4v) is 3.94. The van der Waals surface area contributed by atoms with Gasteiger partial charge in [0, 0.05) is 31.9 Å². The minimum Gasteiger partial charge on any atom is -0.389 e. The number of aromatic nitrogens is 1. The fourth-order valence-electron chi connectivity index (χ4n) is 3.01. The Morgan fingerprint density at radius 3 is 2.71 bits per heavy atom. The molecule has 0 aromatic carbocycles. The first-order chi connectivity index (χ1) is 9.93. The van der Waals surface area contributed by atoms with E-state index in [0.717, 1.165) is 36.5 Å². The topological polar surface area (TPSA) is 56.7 Å². The van der Waals surface area contributed by atoms with E-state index in [4.69, 9.17) is 0 Å². The summed E-state index contributed by atoms with van der Waals surface area (Å²) in [4.78, 5) is 19.9. The van der Waals surface area contributed by atoms with E-state index >= 15 is 0 Å². The average molecular weight is 311 g/mol. The molecule has 118 valence electrons. The van der Waals surface area contributed by atoms with Crippen molar-refractivity contribution in [1.82, 2.24) is 9.88 Å². The molecule has 0 bridgehead atoms. The van der Waals surface area contributed by atoms with Gasteiger partial charge in [0.25, 0.3) is 0 Å². The van der Waals surface area contributed by atoms with Gasteiger partial charge in [0.05, 0.1) is 11.3 Å². The van der Waals surface area contributed by atoms with Crippen LogP contribution in [0.15, 0.2) is 5.38 Å². The number of aliphatic hydroxyl groups is 1. The van der Waals surface area contributed by atoms with Gasteiger partial charge in [0.2, 0.25) is 5.91 Å². The van der Waals surface area contributed by atoms with Gasteiger partial charge in [0.15, 0.2) is 5.13 Å². The number of anilines is 1. The van der Waals surface area contributed by atoms with Crippen molar-refractivity contribution in [3.05, 3.63) is 11.1 Å². The number of carbonyl (C=O) groups excluding carboxylic acids is 1. The molecule has 1 fully saturated rings. The Morgan fingerprint density at radius 2 is 2.14 bits per heavy atom. The zero-order valence-electron chi connectivity index (χ0n) is 13.1. The average Bonchev–Trinajstić information content (AvgIpc) is 2.99. The lowest BCUT2D eigenvalue weighted by Crippen LogP contribution is -2.38. The zero-order chi connectivity index (χ0) is 15.5. The highest BCUT2D eigenvalue weighted by Gasteiger charge is 2.32. The van der Waals surface area contributed by atoms with E-state index in [1.54, 1.807) is 11.8 Å². The molecule has 1 amide bonds. The third-order valence-electron chi connectivity index (χ3n) is 4.00. The van der Waals surface area contributed by atoms with E-state index in [2.05, 4.69) is 9.88 Å². The van der Waals surface area contributed by atoms with E-state index in [1.807, 2.05) is 19.4 Å². The van der Waals surface area contributed by atoms with Gasteiger partial charge in [-0.2, -0.15) is 0 Å². The second-order valence-corrected chi connectivity index (χ2v) is 6.82. The van der Waals surface area contributed by atoms with Gasteiger partial charge >= 0.3 is 0 Å². The van der Waals surface area contributed by atoms with Gasteiger partial charge in [-0.15, -0.1) is 11.3 Å². The molecule has 0 atom stereocenters. The summed E-state index contributed by atoms with van der Waals surface area (Å²) in [5, 5.41) is 13.2. The number of thiazole rings is 1. The Kier molecular flexibility index (Phi) is 5.35. The summed E-state index contributed by atoms with van der Waals surface area (Å²) in [7, 11) is 2.01. The van der Waals surface area contributed by atoms with Crippen molar-refractivity contribution in [2.45, 2.75) is 51.7 Å². The van der Waals surface area contributed by atoms with E-state index in [0.29, 0.717) is 19.6 Å². The number of hydrogen-bond acceptors (Lipinski definition) is 5. The molecule has 21 heavy (non-hydrogen) atoms. The molecule has 2 rings (SSSR count). The standard InChI is InChI=1S/C15H25N3O2S/c1-4-18(12(2)19)14-16-13(10-21-14)9-17(3)11-15(20)7-5-6-8-15/h10,20H,4-9,11H2,1-3H3. The second-order valence-electron chi connectivity index (χ2n) is 5.99. The SMILES string of the molecule is CCN(C(C)=O)c1nc(CN(C)CC2(O)CCCC2)cs1. The molecule has 1 saturated carbocycles. The molecule has 0 spiro atoms. The molecule has 1 aliphatic carbocycles. The van der Waals surface area contributed by atoms with Gasteiger partial charge in [-0.25, -0.2) is 4.98 Å². The van der Waals surface area contributed by atoms with E-state index < -0.39 is 5.60 Å². The predicted molar refractivity (Wildman–Crippen MR) is 85.6 cm³/mol. The summed E-state index contributed by atoms with van der Waals surface area (Å²) >= 11 is 1.50. The number of carbonyl (C=O) groups is 1. The van der Waals surface area contributed by atoms with Crippen LogP contribution in [0.1, 0.15) is 45.2 Å². The minimum absolute atomic E-state index is 0.0204. The first kappa shape index (κ1) is 16.4. The van der Waals surface area contributed by atoms with Crippen LogP contribution in [-0.4, -0.2) is 46.6 Å². The number of hydrogen-bond donors (Lipinski definition) is 1. The lowest BCUT2D eigenvalue weighted by atomic mass is 10.0. The highest BCUT2D eigenvalue weighted by atomic mass is 32.1. The number of likely N-dealkylation sites (N-methyl/N-ethyl adjacent to an activating group) is 1. The van der Waals surface area contributed by atoms with Crippen LogP contribution in [0, 0.1) is 0 Å². The summed E-state index contributed by atoms with van der Waals surface area (Å²) in [6, 6.07) is 0. The van der Waals surface area contributed by atoms with Gasteiger partial charge in [-0.1, -0.05) is 12.8 Å².